The topological polar surface area (TPSA) is 95.9 Å². The predicted molar refractivity (Wildman–Crippen MR) is 375 cm³/mol. The number of allylic oxidation sites excluding steroid dienone is 4. The molecule has 0 saturated carbocycles. The van der Waals surface area contributed by atoms with Crippen molar-refractivity contribution in [3.8, 4) is 0 Å². The van der Waals surface area contributed by atoms with Gasteiger partial charge in [0, 0.05) is 12.8 Å². The average Bonchev–Trinajstić information content (AvgIpc) is 3.51. The van der Waals surface area contributed by atoms with Crippen molar-refractivity contribution < 1.29 is 24.5 Å². The van der Waals surface area contributed by atoms with E-state index in [1.165, 1.54) is 366 Å². The zero-order valence-corrected chi connectivity index (χ0v) is 57.9. The minimum Gasteiger partial charge on any atom is -0.466 e. The second-order valence-corrected chi connectivity index (χ2v) is 27.0. The molecule has 2 unspecified atom stereocenters. The van der Waals surface area contributed by atoms with Gasteiger partial charge in [0.15, 0.2) is 0 Å². The van der Waals surface area contributed by atoms with Gasteiger partial charge in [0.05, 0.1) is 25.4 Å². The smallest absolute Gasteiger partial charge is 0.305 e. The lowest BCUT2D eigenvalue weighted by Crippen LogP contribution is -2.45. The van der Waals surface area contributed by atoms with E-state index in [1.807, 2.05) is 0 Å². The quantitative estimate of drug-likeness (QED) is 0.0320. The molecule has 0 aromatic heterocycles. The second-order valence-electron chi connectivity index (χ2n) is 27.0. The summed E-state index contributed by atoms with van der Waals surface area (Å²) in [6, 6.07) is -0.541. The van der Waals surface area contributed by atoms with Gasteiger partial charge in [0.2, 0.25) is 5.91 Å². The Morgan fingerprint density at radius 1 is 0.318 bits per heavy atom. The number of aliphatic hydroxyl groups excluding tert-OH is 2. The number of nitrogens with one attached hydrogen (secondary N) is 1. The molecule has 0 saturated heterocycles. The van der Waals surface area contributed by atoms with Gasteiger partial charge in [-0.05, 0) is 77.0 Å². The maximum Gasteiger partial charge on any atom is 0.305 e. The summed E-state index contributed by atoms with van der Waals surface area (Å²) >= 11 is 0. The highest BCUT2D eigenvalue weighted by molar-refractivity contribution is 5.76. The molecule has 2 atom stereocenters. The van der Waals surface area contributed by atoms with Gasteiger partial charge in [0.25, 0.3) is 0 Å². The number of carbonyl (C=O) groups excluding carboxylic acids is 2. The fourth-order valence-electron chi connectivity index (χ4n) is 12.5. The molecule has 0 aromatic rings. The van der Waals surface area contributed by atoms with E-state index in [9.17, 15) is 19.8 Å². The first-order chi connectivity index (χ1) is 42.0. The zero-order chi connectivity index (χ0) is 61.3. The van der Waals surface area contributed by atoms with Crippen molar-refractivity contribution in [1.82, 2.24) is 5.32 Å². The van der Waals surface area contributed by atoms with Crippen molar-refractivity contribution >= 4 is 11.9 Å². The molecule has 85 heavy (non-hydrogen) atoms. The van der Waals surface area contributed by atoms with E-state index < -0.39 is 12.1 Å². The Morgan fingerprint density at radius 3 is 0.835 bits per heavy atom. The first kappa shape index (κ1) is 83.3. The Kier molecular flexibility index (Phi) is 73.3. The van der Waals surface area contributed by atoms with E-state index in [-0.39, 0.29) is 18.5 Å². The molecule has 0 bridgehead atoms. The Bertz CT molecular complexity index is 1330. The van der Waals surface area contributed by atoms with Crippen molar-refractivity contribution in [3.63, 3.8) is 0 Å². The van der Waals surface area contributed by atoms with Gasteiger partial charge in [-0.25, -0.2) is 0 Å². The molecule has 6 nitrogen and oxygen atoms in total. The van der Waals surface area contributed by atoms with Crippen LogP contribution in [0, 0.1) is 0 Å². The van der Waals surface area contributed by atoms with Crippen LogP contribution in [0.15, 0.2) is 24.3 Å². The number of aliphatic hydroxyl groups is 2. The lowest BCUT2D eigenvalue weighted by Gasteiger charge is -2.22. The van der Waals surface area contributed by atoms with Crippen molar-refractivity contribution in [2.75, 3.05) is 13.2 Å². The Labute approximate surface area is 532 Å². The highest BCUT2D eigenvalue weighted by atomic mass is 16.5. The summed E-state index contributed by atoms with van der Waals surface area (Å²) in [5.74, 6) is -0.0126. The second kappa shape index (κ2) is 74.8. The van der Waals surface area contributed by atoms with Crippen LogP contribution >= 0.6 is 0 Å². The average molecular weight is 1200 g/mol. The van der Waals surface area contributed by atoms with Gasteiger partial charge in [-0.2, -0.15) is 0 Å². The number of ether oxygens (including phenoxy) is 1. The number of carbonyl (C=O) groups is 2. The number of esters is 1. The molecule has 0 fully saturated rings. The third-order valence-corrected chi connectivity index (χ3v) is 18.5. The third kappa shape index (κ3) is 71.3. The predicted octanol–water partition coefficient (Wildman–Crippen LogP) is 25.7. The molecular weight excluding hydrogens is 1040 g/mol. The standard InChI is InChI=1S/C79H153NO5/c1-3-5-7-9-11-13-15-17-19-21-22-36-40-43-47-51-55-59-63-67-71-77(82)76(75-81)80-78(83)72-68-64-60-56-52-48-44-41-37-34-32-30-28-26-24-23-25-27-29-31-33-35-38-42-46-50-54-58-62-66-70-74-85-79(84)73-69-65-61-57-53-49-45-39-20-18-16-14-12-10-8-6-4-2/h18,20,25,27,76-77,81-82H,3-17,19,21-24,26,28-75H2,1-2H3,(H,80,83)/b20-18-,27-25-. The van der Waals surface area contributed by atoms with Crippen LogP contribution < -0.4 is 5.32 Å². The van der Waals surface area contributed by atoms with Gasteiger partial charge in [-0.3, -0.25) is 9.59 Å². The number of hydrogen-bond donors (Lipinski definition) is 3. The summed E-state index contributed by atoms with van der Waals surface area (Å²) in [5.41, 5.74) is 0. The van der Waals surface area contributed by atoms with E-state index in [2.05, 4.69) is 43.5 Å². The molecular formula is C79H153NO5. The van der Waals surface area contributed by atoms with Crippen LogP contribution in [-0.2, 0) is 14.3 Å². The van der Waals surface area contributed by atoms with Crippen LogP contribution in [0.4, 0.5) is 0 Å². The monoisotopic (exact) mass is 1200 g/mol. The minimum absolute atomic E-state index is 0.0154. The van der Waals surface area contributed by atoms with Gasteiger partial charge >= 0.3 is 5.97 Å². The van der Waals surface area contributed by atoms with Crippen molar-refractivity contribution in [2.45, 2.75) is 456 Å². The Balaban J connectivity index is 3.35. The summed E-state index contributed by atoms with van der Waals surface area (Å²) in [5, 5.41) is 23.4. The zero-order valence-electron chi connectivity index (χ0n) is 57.9. The SMILES string of the molecule is CCCCCCCC/C=C\CCCCCCCCCC(=O)OCCCCCCCCCCCCCC/C=C\CCCCCCCCCCCCCCCCCC(=O)NC(CO)C(O)CCCCCCCCCCCCCCCCCCCCCC. The van der Waals surface area contributed by atoms with Gasteiger partial charge in [0.1, 0.15) is 0 Å². The molecule has 0 heterocycles. The number of hydrogen-bond acceptors (Lipinski definition) is 5. The van der Waals surface area contributed by atoms with Crippen LogP contribution in [-0.4, -0.2) is 47.4 Å². The molecule has 0 spiro atoms. The van der Waals surface area contributed by atoms with Crippen LogP contribution in [0.3, 0.4) is 0 Å². The lowest BCUT2D eigenvalue weighted by atomic mass is 10.0. The summed E-state index contributed by atoms with van der Waals surface area (Å²) < 4.78 is 5.51. The van der Waals surface area contributed by atoms with Crippen molar-refractivity contribution in [3.05, 3.63) is 24.3 Å². The Hall–Kier alpha value is -1.66. The maximum atomic E-state index is 12.6. The van der Waals surface area contributed by atoms with Crippen LogP contribution in [0.2, 0.25) is 0 Å². The van der Waals surface area contributed by atoms with E-state index in [1.54, 1.807) is 0 Å². The molecule has 3 N–H and O–H groups in total. The molecule has 0 radical (unpaired) electrons. The normalized spacial score (nSPS) is 12.6. The molecule has 0 aliphatic heterocycles. The first-order valence-corrected chi connectivity index (χ1v) is 39.1. The van der Waals surface area contributed by atoms with Crippen LogP contribution in [0.25, 0.3) is 0 Å². The maximum absolute atomic E-state index is 12.6. The molecule has 0 rings (SSSR count). The molecule has 6 heteroatoms. The minimum atomic E-state index is -0.664. The fourth-order valence-corrected chi connectivity index (χ4v) is 12.5. The summed E-state index contributed by atoms with van der Waals surface area (Å²) in [6.07, 6.45) is 95.5. The molecule has 0 aromatic carbocycles. The van der Waals surface area contributed by atoms with Crippen molar-refractivity contribution in [2.24, 2.45) is 0 Å². The third-order valence-electron chi connectivity index (χ3n) is 18.5. The van der Waals surface area contributed by atoms with Crippen molar-refractivity contribution in [1.29, 1.82) is 0 Å². The number of amides is 1. The van der Waals surface area contributed by atoms with Gasteiger partial charge in [-0.1, -0.05) is 378 Å². The fraction of sp³-hybridized carbons (Fsp3) is 0.924. The summed E-state index contributed by atoms with van der Waals surface area (Å²) in [7, 11) is 0. The molecule has 0 aliphatic rings. The highest BCUT2D eigenvalue weighted by Gasteiger charge is 2.20. The van der Waals surface area contributed by atoms with Gasteiger partial charge in [-0.15, -0.1) is 0 Å². The van der Waals surface area contributed by atoms with Gasteiger partial charge < -0.3 is 20.3 Å². The van der Waals surface area contributed by atoms with Crippen LogP contribution in [0.1, 0.15) is 444 Å². The van der Waals surface area contributed by atoms with E-state index >= 15 is 0 Å². The lowest BCUT2D eigenvalue weighted by molar-refractivity contribution is -0.143. The summed E-state index contributed by atoms with van der Waals surface area (Å²) in [6.45, 7) is 5.00. The first-order valence-electron chi connectivity index (χ1n) is 39.1. The molecule has 504 valence electrons. The summed E-state index contributed by atoms with van der Waals surface area (Å²) in [4.78, 5) is 24.7. The van der Waals surface area contributed by atoms with E-state index in [4.69, 9.17) is 4.74 Å². The van der Waals surface area contributed by atoms with E-state index in [0.29, 0.717) is 25.9 Å². The number of unbranched alkanes of at least 4 members (excludes halogenated alkanes) is 59. The van der Waals surface area contributed by atoms with E-state index in [0.717, 1.165) is 44.9 Å². The highest BCUT2D eigenvalue weighted by Crippen LogP contribution is 2.20. The number of rotatable bonds is 74. The largest absolute Gasteiger partial charge is 0.466 e. The molecule has 1 amide bonds. The van der Waals surface area contributed by atoms with Crippen LogP contribution in [0.5, 0.6) is 0 Å². The Morgan fingerprint density at radius 2 is 0.553 bits per heavy atom. The molecule has 0 aliphatic carbocycles.